The van der Waals surface area contributed by atoms with Crippen molar-refractivity contribution < 1.29 is 24.4 Å². The topological polar surface area (TPSA) is 110 Å². The Labute approximate surface area is 83.0 Å². The van der Waals surface area contributed by atoms with Crippen molar-refractivity contribution >= 4 is 35.9 Å². The van der Waals surface area contributed by atoms with Crippen LogP contribution in [0.3, 0.4) is 0 Å². The van der Waals surface area contributed by atoms with Crippen molar-refractivity contribution in [2.24, 2.45) is 0 Å². The Morgan fingerprint density at radius 3 is 2.38 bits per heavy atom. The van der Waals surface area contributed by atoms with E-state index in [9.17, 15) is 14.1 Å². The Kier molecular flexibility index (Phi) is 5.88. The van der Waals surface area contributed by atoms with Crippen LogP contribution >= 0.6 is 12.6 Å². The minimum atomic E-state index is -1.88. The maximum atomic E-state index is 10.8. The van der Waals surface area contributed by atoms with Crippen LogP contribution in [0.1, 0.15) is 0 Å². The molecule has 0 aromatic heterocycles. The summed E-state index contributed by atoms with van der Waals surface area (Å²) in [5.41, 5.74) is 0. The van der Waals surface area contributed by atoms with Gasteiger partial charge in [0, 0.05) is 5.75 Å². The summed E-state index contributed by atoms with van der Waals surface area (Å²) >= 11 is 1.82. The molecule has 0 heterocycles. The highest BCUT2D eigenvalue weighted by Gasteiger charge is 2.23. The van der Waals surface area contributed by atoms with E-state index in [-0.39, 0.29) is 5.75 Å². The van der Waals surface area contributed by atoms with Crippen LogP contribution in [0.15, 0.2) is 0 Å². The lowest BCUT2D eigenvalue weighted by atomic mass is 10.4. The van der Waals surface area contributed by atoms with Crippen LogP contribution in [-0.2, 0) is 21.0 Å². The quantitative estimate of drug-likeness (QED) is 0.332. The van der Waals surface area contributed by atoms with Gasteiger partial charge in [-0.1, -0.05) is 0 Å². The van der Waals surface area contributed by atoms with Crippen LogP contribution in [0.4, 0.5) is 0 Å². The fraction of sp³-hybridized carbons (Fsp3) is 0.600. The molecule has 0 aromatic carbocycles. The smallest absolute Gasteiger partial charge is 0.355 e. The van der Waals surface area contributed by atoms with Crippen LogP contribution in [0.2, 0.25) is 0 Å². The zero-order valence-electron chi connectivity index (χ0n) is 6.47. The highest BCUT2D eigenvalue weighted by molar-refractivity contribution is 7.90. The molecule has 0 aromatic rings. The third-order valence-electron chi connectivity index (χ3n) is 1.01. The molecular formula is C5H9NO5S2. The molecule has 0 aliphatic rings. The summed E-state index contributed by atoms with van der Waals surface area (Å²) < 4.78 is 13.0. The molecule has 0 saturated carbocycles. The minimum Gasteiger partial charge on any atom is -0.598 e. The first-order valence-corrected chi connectivity index (χ1v) is 5.12. The van der Waals surface area contributed by atoms with E-state index >= 15 is 0 Å². The Balaban J connectivity index is 3.93. The Morgan fingerprint density at radius 2 is 2.08 bits per heavy atom. The molecule has 0 fully saturated rings. The fourth-order valence-electron chi connectivity index (χ4n) is 0.478. The second kappa shape index (κ2) is 6.08. The molecule has 0 amide bonds. The Hall–Kier alpha value is -0.440. The molecule has 6 nitrogen and oxygen atoms in total. The molecule has 76 valence electrons. The first-order valence-electron chi connectivity index (χ1n) is 3.17. The molecule has 13 heavy (non-hydrogen) atoms. The van der Waals surface area contributed by atoms with Crippen LogP contribution in [0.25, 0.3) is 0 Å². The molecule has 0 saturated heterocycles. The van der Waals surface area contributed by atoms with Crippen LogP contribution < -0.4 is 4.72 Å². The van der Waals surface area contributed by atoms with Gasteiger partial charge in [-0.05, 0) is 0 Å². The standard InChI is InChI=1S/C5H9NO5S2/c7-4(8)2-13(11)6-3(1-12)5(9)10/h3,6,12H,1-2H2,(H,7,8)(H,9,10)/t3-,13?/m0/s1. The molecule has 2 atom stereocenters. The molecule has 0 aliphatic heterocycles. The highest BCUT2D eigenvalue weighted by Crippen LogP contribution is 1.93. The summed E-state index contributed by atoms with van der Waals surface area (Å²) in [5.74, 6) is -3.15. The number of nitrogens with one attached hydrogen (secondary N) is 1. The van der Waals surface area contributed by atoms with Gasteiger partial charge in [-0.3, -0.25) is 4.79 Å². The molecule has 0 spiro atoms. The largest absolute Gasteiger partial charge is 0.598 e. The molecule has 1 unspecified atom stereocenters. The van der Waals surface area contributed by atoms with E-state index in [0.717, 1.165) is 0 Å². The summed E-state index contributed by atoms with van der Waals surface area (Å²) in [7, 11) is 0. The van der Waals surface area contributed by atoms with E-state index in [1.54, 1.807) is 0 Å². The van der Waals surface area contributed by atoms with Crippen molar-refractivity contribution in [3.63, 3.8) is 0 Å². The summed E-state index contributed by atoms with van der Waals surface area (Å²) in [6.07, 6.45) is 0. The van der Waals surface area contributed by atoms with Gasteiger partial charge in [0.2, 0.25) is 5.75 Å². The number of carboxylic acid groups (broad SMARTS) is 2. The normalized spacial score (nSPS) is 14.9. The molecular weight excluding hydrogens is 218 g/mol. The third kappa shape index (κ3) is 5.75. The number of carboxylic acids is 2. The maximum Gasteiger partial charge on any atom is 0.355 e. The van der Waals surface area contributed by atoms with E-state index in [2.05, 4.69) is 17.4 Å². The lowest BCUT2D eigenvalue weighted by Crippen LogP contribution is -2.44. The highest BCUT2D eigenvalue weighted by atomic mass is 32.2. The number of hydrogen-bond donors (Lipinski definition) is 4. The lowest BCUT2D eigenvalue weighted by molar-refractivity contribution is -0.138. The van der Waals surface area contributed by atoms with E-state index in [1.807, 2.05) is 0 Å². The number of thiol groups is 1. The van der Waals surface area contributed by atoms with Gasteiger partial charge in [-0.15, -0.1) is 4.72 Å². The van der Waals surface area contributed by atoms with Crippen LogP contribution in [-0.4, -0.2) is 44.3 Å². The van der Waals surface area contributed by atoms with Gasteiger partial charge in [0.1, 0.15) is 0 Å². The van der Waals surface area contributed by atoms with Gasteiger partial charge in [0.05, 0.1) is 11.4 Å². The van der Waals surface area contributed by atoms with E-state index in [1.165, 1.54) is 0 Å². The van der Waals surface area contributed by atoms with Gasteiger partial charge >= 0.3 is 11.9 Å². The molecule has 0 rings (SSSR count). The summed E-state index contributed by atoms with van der Waals surface area (Å²) in [6, 6.07) is -1.09. The maximum absolute atomic E-state index is 10.8. The predicted octanol–water partition coefficient (Wildman–Crippen LogP) is -1.29. The first kappa shape index (κ1) is 12.6. The van der Waals surface area contributed by atoms with Gasteiger partial charge in [0.25, 0.3) is 0 Å². The SMILES string of the molecule is O=C(O)C[S+]([O-])N[C@@H](CS)C(=O)O. The van der Waals surface area contributed by atoms with Crippen molar-refractivity contribution in [3.05, 3.63) is 0 Å². The fourth-order valence-corrected chi connectivity index (χ4v) is 1.66. The zero-order chi connectivity index (χ0) is 10.4. The predicted molar refractivity (Wildman–Crippen MR) is 49.1 cm³/mol. The van der Waals surface area contributed by atoms with Crippen molar-refractivity contribution in [1.29, 1.82) is 0 Å². The van der Waals surface area contributed by atoms with E-state index in [0.29, 0.717) is 0 Å². The molecule has 3 N–H and O–H groups in total. The average molecular weight is 227 g/mol. The molecule has 0 bridgehead atoms. The second-order valence-corrected chi connectivity index (χ2v) is 3.66. The number of carbonyl (C=O) groups is 2. The van der Waals surface area contributed by atoms with Gasteiger partial charge < -0.3 is 14.8 Å². The zero-order valence-corrected chi connectivity index (χ0v) is 8.18. The van der Waals surface area contributed by atoms with Crippen molar-refractivity contribution in [2.75, 3.05) is 11.5 Å². The van der Waals surface area contributed by atoms with Crippen LogP contribution in [0, 0.1) is 0 Å². The number of rotatable bonds is 6. The van der Waals surface area contributed by atoms with Crippen molar-refractivity contribution in [3.8, 4) is 0 Å². The Bertz CT molecular complexity index is 199. The molecule has 0 aliphatic carbocycles. The number of aliphatic carboxylic acids is 2. The average Bonchev–Trinajstić information content (AvgIpc) is 1.98. The lowest BCUT2D eigenvalue weighted by Gasteiger charge is -2.13. The van der Waals surface area contributed by atoms with Gasteiger partial charge in [0.15, 0.2) is 6.04 Å². The molecule has 0 radical (unpaired) electrons. The van der Waals surface area contributed by atoms with Crippen molar-refractivity contribution in [1.82, 2.24) is 4.72 Å². The Morgan fingerprint density at radius 1 is 1.54 bits per heavy atom. The van der Waals surface area contributed by atoms with Crippen LogP contribution in [0.5, 0.6) is 0 Å². The minimum absolute atomic E-state index is 0.0549. The molecule has 8 heteroatoms. The van der Waals surface area contributed by atoms with Gasteiger partial charge in [-0.2, -0.15) is 12.6 Å². The van der Waals surface area contributed by atoms with Gasteiger partial charge in [-0.25, -0.2) is 4.79 Å². The summed E-state index contributed by atoms with van der Waals surface area (Å²) in [5, 5.41) is 16.7. The summed E-state index contributed by atoms with van der Waals surface area (Å²) in [4.78, 5) is 20.4. The first-order chi connectivity index (χ1) is 5.97. The number of hydrogen-bond acceptors (Lipinski definition) is 5. The van der Waals surface area contributed by atoms with Crippen molar-refractivity contribution in [2.45, 2.75) is 6.04 Å². The second-order valence-electron chi connectivity index (χ2n) is 2.07. The van der Waals surface area contributed by atoms with E-state index in [4.69, 9.17) is 10.2 Å². The monoisotopic (exact) mass is 227 g/mol. The third-order valence-corrected chi connectivity index (χ3v) is 2.43. The summed E-state index contributed by atoms with van der Waals surface area (Å²) in [6.45, 7) is 0. The van der Waals surface area contributed by atoms with E-state index < -0.39 is 35.1 Å².